The van der Waals surface area contributed by atoms with Crippen LogP contribution in [0.3, 0.4) is 0 Å². The first-order chi connectivity index (χ1) is 11.9. The number of hydrogen-bond acceptors (Lipinski definition) is 2. The minimum Gasteiger partial charge on any atom is -0.481 e. The molecule has 5 heteroatoms. The number of rotatable bonds is 6. The Hall–Kier alpha value is -2.82. The quantitative estimate of drug-likeness (QED) is 0.708. The van der Waals surface area contributed by atoms with Gasteiger partial charge in [0.05, 0.1) is 0 Å². The van der Waals surface area contributed by atoms with E-state index in [1.165, 1.54) is 0 Å². The molecule has 2 aromatic rings. The van der Waals surface area contributed by atoms with Crippen LogP contribution in [0, 0.1) is 6.92 Å². The Bertz CT molecular complexity index is 769. The first kappa shape index (κ1) is 18.5. The summed E-state index contributed by atoms with van der Waals surface area (Å²) in [6, 6.07) is 12.9. The summed E-state index contributed by atoms with van der Waals surface area (Å²) in [5.74, 6) is -0.536. The van der Waals surface area contributed by atoms with Crippen LogP contribution in [0.4, 0.5) is 16.2 Å². The molecule has 132 valence electrons. The third-order valence-electron chi connectivity index (χ3n) is 3.98. The van der Waals surface area contributed by atoms with Crippen LogP contribution >= 0.6 is 0 Å². The monoisotopic (exact) mass is 340 g/mol. The van der Waals surface area contributed by atoms with E-state index >= 15 is 0 Å². The Morgan fingerprint density at radius 3 is 2.48 bits per heavy atom. The van der Waals surface area contributed by atoms with E-state index in [-0.39, 0.29) is 12.5 Å². The fourth-order valence-corrected chi connectivity index (χ4v) is 2.67. The number of carbonyl (C=O) groups excluding carboxylic acids is 1. The molecule has 0 saturated carbocycles. The van der Waals surface area contributed by atoms with Crippen molar-refractivity contribution in [3.63, 3.8) is 0 Å². The third-order valence-corrected chi connectivity index (χ3v) is 3.98. The molecule has 0 aliphatic rings. The molecule has 0 saturated heterocycles. The first-order valence-corrected chi connectivity index (χ1v) is 8.35. The molecule has 5 nitrogen and oxygen atoms in total. The molecule has 0 aliphatic heterocycles. The highest BCUT2D eigenvalue weighted by atomic mass is 16.4. The van der Waals surface area contributed by atoms with E-state index < -0.39 is 5.97 Å². The highest BCUT2D eigenvalue weighted by molar-refractivity contribution is 6.00. The zero-order chi connectivity index (χ0) is 18.4. The number of urea groups is 1. The summed E-state index contributed by atoms with van der Waals surface area (Å²) in [6.07, 6.45) is 0.498. The van der Waals surface area contributed by atoms with Gasteiger partial charge in [0, 0.05) is 17.8 Å². The number of carbonyl (C=O) groups is 2. The Balaban J connectivity index is 2.09. The number of hydrogen-bond donors (Lipinski definition) is 3. The zero-order valence-electron chi connectivity index (χ0n) is 14.8. The molecule has 2 amide bonds. The van der Waals surface area contributed by atoms with Crippen molar-refractivity contribution in [2.75, 3.05) is 10.6 Å². The lowest BCUT2D eigenvalue weighted by atomic mass is 9.98. The van der Waals surface area contributed by atoms with Crippen LogP contribution in [-0.2, 0) is 11.2 Å². The largest absolute Gasteiger partial charge is 0.481 e. The molecule has 2 rings (SSSR count). The van der Waals surface area contributed by atoms with Crippen molar-refractivity contribution in [3.8, 4) is 0 Å². The van der Waals surface area contributed by atoms with Gasteiger partial charge in [-0.05, 0) is 48.1 Å². The highest BCUT2D eigenvalue weighted by Gasteiger charge is 2.12. The number of benzene rings is 2. The van der Waals surface area contributed by atoms with Gasteiger partial charge in [-0.25, -0.2) is 4.79 Å². The summed E-state index contributed by atoms with van der Waals surface area (Å²) >= 11 is 0. The minimum atomic E-state index is -0.836. The molecule has 25 heavy (non-hydrogen) atoms. The van der Waals surface area contributed by atoms with Crippen molar-refractivity contribution in [3.05, 3.63) is 59.2 Å². The Kier molecular flexibility index (Phi) is 6.17. The van der Waals surface area contributed by atoms with E-state index in [4.69, 9.17) is 5.11 Å². The number of para-hydroxylation sites is 1. The molecular formula is C20H24N2O3. The molecule has 0 unspecified atom stereocenters. The molecule has 0 atom stereocenters. The third kappa shape index (κ3) is 5.35. The van der Waals surface area contributed by atoms with Gasteiger partial charge in [0.15, 0.2) is 0 Å². The van der Waals surface area contributed by atoms with E-state index in [2.05, 4.69) is 24.5 Å². The van der Waals surface area contributed by atoms with Gasteiger partial charge in [0.2, 0.25) is 0 Å². The van der Waals surface area contributed by atoms with Gasteiger partial charge >= 0.3 is 12.0 Å². The summed E-state index contributed by atoms with van der Waals surface area (Å²) in [5, 5.41) is 14.5. The second kappa shape index (κ2) is 8.33. The number of carboxylic acid groups (broad SMARTS) is 1. The SMILES string of the molecule is Cc1cccc(C(C)C)c1NC(=O)Nc1cccc(CCC(=O)O)c1. The second-order valence-electron chi connectivity index (χ2n) is 6.37. The molecular weight excluding hydrogens is 316 g/mol. The van der Waals surface area contributed by atoms with E-state index in [1.807, 2.05) is 31.2 Å². The summed E-state index contributed by atoms with van der Waals surface area (Å²) < 4.78 is 0. The van der Waals surface area contributed by atoms with Gasteiger partial charge in [-0.15, -0.1) is 0 Å². The van der Waals surface area contributed by atoms with E-state index in [9.17, 15) is 9.59 Å². The summed E-state index contributed by atoms with van der Waals surface area (Å²) in [6.45, 7) is 6.14. The molecule has 0 spiro atoms. The first-order valence-electron chi connectivity index (χ1n) is 8.35. The van der Waals surface area contributed by atoms with Crippen molar-refractivity contribution >= 4 is 23.4 Å². The van der Waals surface area contributed by atoms with Gasteiger partial charge < -0.3 is 15.7 Å². The van der Waals surface area contributed by atoms with Crippen molar-refractivity contribution in [1.29, 1.82) is 0 Å². The molecule has 0 aromatic heterocycles. The highest BCUT2D eigenvalue weighted by Crippen LogP contribution is 2.27. The number of aliphatic carboxylic acids is 1. The zero-order valence-corrected chi connectivity index (χ0v) is 14.8. The normalized spacial score (nSPS) is 10.6. The molecule has 0 aliphatic carbocycles. The number of nitrogens with one attached hydrogen (secondary N) is 2. The maximum atomic E-state index is 12.4. The van der Waals surface area contributed by atoms with Crippen LogP contribution in [-0.4, -0.2) is 17.1 Å². The summed E-state index contributed by atoms with van der Waals surface area (Å²) in [5.41, 5.74) is 4.44. The smallest absolute Gasteiger partial charge is 0.323 e. The van der Waals surface area contributed by atoms with Crippen LogP contribution in [0.2, 0.25) is 0 Å². The second-order valence-corrected chi connectivity index (χ2v) is 6.37. The Morgan fingerprint density at radius 2 is 1.80 bits per heavy atom. The number of anilines is 2. The number of aryl methyl sites for hydroxylation is 2. The average molecular weight is 340 g/mol. The van der Waals surface area contributed by atoms with E-state index in [0.717, 1.165) is 22.4 Å². The molecule has 0 heterocycles. The van der Waals surface area contributed by atoms with Crippen LogP contribution in [0.15, 0.2) is 42.5 Å². The number of carboxylic acids is 1. The van der Waals surface area contributed by atoms with Crippen LogP contribution < -0.4 is 10.6 Å². The molecule has 0 bridgehead atoms. The lowest BCUT2D eigenvalue weighted by molar-refractivity contribution is -0.136. The van der Waals surface area contributed by atoms with Gasteiger partial charge in [0.1, 0.15) is 0 Å². The minimum absolute atomic E-state index is 0.0661. The van der Waals surface area contributed by atoms with Crippen molar-refractivity contribution in [1.82, 2.24) is 0 Å². The Morgan fingerprint density at radius 1 is 1.08 bits per heavy atom. The predicted octanol–water partition coefficient (Wildman–Crippen LogP) is 4.78. The summed E-state index contributed by atoms with van der Waals surface area (Å²) in [7, 11) is 0. The number of amides is 2. The van der Waals surface area contributed by atoms with Crippen LogP contribution in [0.25, 0.3) is 0 Å². The van der Waals surface area contributed by atoms with Gasteiger partial charge in [-0.3, -0.25) is 4.79 Å². The molecule has 0 radical (unpaired) electrons. The average Bonchev–Trinajstić information content (AvgIpc) is 2.55. The van der Waals surface area contributed by atoms with E-state index in [1.54, 1.807) is 18.2 Å². The summed E-state index contributed by atoms with van der Waals surface area (Å²) in [4.78, 5) is 23.0. The fraction of sp³-hybridized carbons (Fsp3) is 0.300. The predicted molar refractivity (Wildman–Crippen MR) is 100 cm³/mol. The van der Waals surface area contributed by atoms with Crippen LogP contribution in [0.5, 0.6) is 0 Å². The lowest BCUT2D eigenvalue weighted by Gasteiger charge is -2.17. The van der Waals surface area contributed by atoms with Gasteiger partial charge in [0.25, 0.3) is 0 Å². The Labute approximate surface area is 148 Å². The van der Waals surface area contributed by atoms with Crippen molar-refractivity contribution < 1.29 is 14.7 Å². The molecule has 2 aromatic carbocycles. The standard InChI is InChI=1S/C20H24N2O3/c1-13(2)17-9-4-6-14(3)19(17)22-20(25)21-16-8-5-7-15(12-16)10-11-18(23)24/h4-9,12-13H,10-11H2,1-3H3,(H,23,24)(H2,21,22,25). The maximum Gasteiger partial charge on any atom is 0.323 e. The fourth-order valence-electron chi connectivity index (χ4n) is 2.67. The van der Waals surface area contributed by atoms with Crippen molar-refractivity contribution in [2.45, 2.75) is 39.5 Å². The maximum absolute atomic E-state index is 12.4. The topological polar surface area (TPSA) is 78.4 Å². The van der Waals surface area contributed by atoms with E-state index in [0.29, 0.717) is 18.0 Å². The van der Waals surface area contributed by atoms with Gasteiger partial charge in [-0.2, -0.15) is 0 Å². The van der Waals surface area contributed by atoms with Gasteiger partial charge in [-0.1, -0.05) is 44.2 Å². The lowest BCUT2D eigenvalue weighted by Crippen LogP contribution is -2.21. The van der Waals surface area contributed by atoms with Crippen LogP contribution in [0.1, 0.15) is 42.9 Å². The molecule has 0 fully saturated rings. The molecule has 3 N–H and O–H groups in total. The van der Waals surface area contributed by atoms with Crippen molar-refractivity contribution in [2.24, 2.45) is 0 Å².